The number of halogens is 2. The molecule has 0 fully saturated rings. The second-order valence-electron chi connectivity index (χ2n) is 5.76. The molecule has 1 heterocycles. The van der Waals surface area contributed by atoms with Crippen molar-refractivity contribution in [2.24, 2.45) is 0 Å². The fraction of sp³-hybridized carbons (Fsp3) is 0.263. The average molecular weight is 347 g/mol. The number of methoxy groups -OCH3 is 3. The lowest BCUT2D eigenvalue weighted by Crippen LogP contribution is -2.18. The third-order valence-corrected chi connectivity index (χ3v) is 4.31. The van der Waals surface area contributed by atoms with Crippen LogP contribution in [0.25, 0.3) is 0 Å². The Morgan fingerprint density at radius 3 is 2.40 bits per heavy atom. The van der Waals surface area contributed by atoms with Gasteiger partial charge < -0.3 is 19.5 Å². The summed E-state index contributed by atoms with van der Waals surface area (Å²) in [5.41, 5.74) is 2.28. The normalized spacial score (nSPS) is 16.0. The van der Waals surface area contributed by atoms with E-state index in [4.69, 9.17) is 14.2 Å². The van der Waals surface area contributed by atoms with E-state index < -0.39 is 17.6 Å². The second-order valence-corrected chi connectivity index (χ2v) is 5.76. The number of ether oxygens (including phenoxy) is 3. The van der Waals surface area contributed by atoms with Gasteiger partial charge in [0.15, 0.2) is 11.5 Å². The molecule has 0 amide bonds. The Hall–Kier alpha value is -2.76. The summed E-state index contributed by atoms with van der Waals surface area (Å²) in [5.74, 6) is -0.149. The van der Waals surface area contributed by atoms with E-state index in [1.165, 1.54) is 27.4 Å². The second kappa shape index (κ2) is 6.63. The molecule has 0 saturated carbocycles. The molecule has 0 saturated heterocycles. The Labute approximate surface area is 145 Å². The van der Waals surface area contributed by atoms with Crippen LogP contribution in [0.15, 0.2) is 36.5 Å². The van der Waals surface area contributed by atoms with Gasteiger partial charge in [-0.05, 0) is 30.2 Å². The summed E-state index contributed by atoms with van der Waals surface area (Å²) in [6, 6.07) is 5.17. The molecule has 4 nitrogen and oxygen atoms in total. The van der Waals surface area contributed by atoms with Gasteiger partial charge in [-0.3, -0.25) is 0 Å². The topological polar surface area (TPSA) is 39.7 Å². The highest BCUT2D eigenvalue weighted by Crippen LogP contribution is 2.52. The van der Waals surface area contributed by atoms with Crippen molar-refractivity contribution in [2.75, 3.05) is 26.6 Å². The summed E-state index contributed by atoms with van der Waals surface area (Å²) in [4.78, 5) is 0. The number of hydrogen-bond acceptors (Lipinski definition) is 4. The molecular weight excluding hydrogens is 328 g/mol. The van der Waals surface area contributed by atoms with E-state index in [0.29, 0.717) is 40.6 Å². The molecule has 3 rings (SSSR count). The zero-order valence-corrected chi connectivity index (χ0v) is 14.3. The fourth-order valence-electron chi connectivity index (χ4n) is 3.26. The summed E-state index contributed by atoms with van der Waals surface area (Å²) in [6.45, 7) is 3.95. The van der Waals surface area contributed by atoms with Gasteiger partial charge in [-0.15, -0.1) is 0 Å². The maximum Gasteiger partial charge on any atom is 0.203 e. The van der Waals surface area contributed by atoms with E-state index in [9.17, 15) is 8.78 Å². The molecule has 6 heteroatoms. The predicted molar refractivity (Wildman–Crippen MR) is 91.7 cm³/mol. The standard InChI is InChI=1S/C19H19F2NO3/c1-10-7-13(12-8-11(20)5-6-14(12)21)17-15(22-10)9-16(23-2)18(24-3)19(17)25-4/h5-6,8-9,13,22H,1,7H2,2-4H3. The van der Waals surface area contributed by atoms with Crippen LogP contribution in [0, 0.1) is 11.6 Å². The summed E-state index contributed by atoms with van der Waals surface area (Å²) in [6.07, 6.45) is 0.402. The predicted octanol–water partition coefficient (Wildman–Crippen LogP) is 4.45. The van der Waals surface area contributed by atoms with Crippen molar-refractivity contribution in [3.63, 3.8) is 0 Å². The van der Waals surface area contributed by atoms with Crippen molar-refractivity contribution in [3.8, 4) is 17.2 Å². The van der Waals surface area contributed by atoms with Crippen molar-refractivity contribution >= 4 is 5.69 Å². The smallest absolute Gasteiger partial charge is 0.203 e. The highest BCUT2D eigenvalue weighted by molar-refractivity contribution is 5.74. The van der Waals surface area contributed by atoms with Crippen molar-refractivity contribution < 1.29 is 23.0 Å². The first-order valence-electron chi connectivity index (χ1n) is 7.72. The molecule has 0 aromatic heterocycles. The van der Waals surface area contributed by atoms with Crippen LogP contribution < -0.4 is 19.5 Å². The molecular formula is C19H19F2NO3. The van der Waals surface area contributed by atoms with Gasteiger partial charge in [-0.25, -0.2) is 8.78 Å². The zero-order valence-electron chi connectivity index (χ0n) is 14.3. The molecule has 2 aromatic rings. The van der Waals surface area contributed by atoms with E-state index in [1.807, 2.05) is 0 Å². The van der Waals surface area contributed by atoms with E-state index in [0.717, 1.165) is 12.1 Å². The van der Waals surface area contributed by atoms with Gasteiger partial charge in [-0.2, -0.15) is 0 Å². The average Bonchev–Trinajstić information content (AvgIpc) is 2.61. The van der Waals surface area contributed by atoms with E-state index in [2.05, 4.69) is 11.9 Å². The van der Waals surface area contributed by atoms with Crippen LogP contribution in [0.4, 0.5) is 14.5 Å². The molecule has 0 radical (unpaired) electrons. The largest absolute Gasteiger partial charge is 0.493 e. The van der Waals surface area contributed by atoms with E-state index in [1.54, 1.807) is 6.07 Å². The van der Waals surface area contributed by atoms with Crippen molar-refractivity contribution in [2.45, 2.75) is 12.3 Å². The quantitative estimate of drug-likeness (QED) is 0.887. The minimum atomic E-state index is -0.499. The third kappa shape index (κ3) is 2.88. The molecule has 1 atom stereocenters. The summed E-state index contributed by atoms with van der Waals surface area (Å²) in [5, 5.41) is 3.17. The fourth-order valence-corrected chi connectivity index (χ4v) is 3.26. The van der Waals surface area contributed by atoms with Gasteiger partial charge in [-0.1, -0.05) is 6.58 Å². The SMILES string of the molecule is C=C1CC(c2cc(F)ccc2F)c2c(cc(OC)c(OC)c2OC)N1. The Morgan fingerprint density at radius 2 is 1.76 bits per heavy atom. The number of fused-ring (bicyclic) bond motifs is 1. The number of nitrogens with one attached hydrogen (secondary N) is 1. The summed E-state index contributed by atoms with van der Waals surface area (Å²) < 4.78 is 44.5. The Morgan fingerprint density at radius 1 is 1.04 bits per heavy atom. The molecule has 132 valence electrons. The molecule has 1 N–H and O–H groups in total. The van der Waals surface area contributed by atoms with Gasteiger partial charge in [0.2, 0.25) is 5.75 Å². The van der Waals surface area contributed by atoms with Gasteiger partial charge in [0.05, 0.1) is 21.3 Å². The highest BCUT2D eigenvalue weighted by Gasteiger charge is 2.33. The third-order valence-electron chi connectivity index (χ3n) is 4.31. The summed E-state index contributed by atoms with van der Waals surface area (Å²) in [7, 11) is 4.52. The van der Waals surface area contributed by atoms with Crippen LogP contribution in [-0.2, 0) is 0 Å². The van der Waals surface area contributed by atoms with Gasteiger partial charge >= 0.3 is 0 Å². The van der Waals surface area contributed by atoms with Crippen LogP contribution >= 0.6 is 0 Å². The van der Waals surface area contributed by atoms with E-state index >= 15 is 0 Å². The van der Waals surface area contributed by atoms with Crippen molar-refractivity contribution in [1.82, 2.24) is 0 Å². The molecule has 1 aliphatic heterocycles. The molecule has 1 aliphatic rings. The molecule has 1 unspecified atom stereocenters. The molecule has 25 heavy (non-hydrogen) atoms. The van der Waals surface area contributed by atoms with Crippen LogP contribution in [-0.4, -0.2) is 21.3 Å². The van der Waals surface area contributed by atoms with Crippen LogP contribution in [0.2, 0.25) is 0 Å². The van der Waals surface area contributed by atoms with Crippen molar-refractivity contribution in [1.29, 1.82) is 0 Å². The number of benzene rings is 2. The van der Waals surface area contributed by atoms with E-state index in [-0.39, 0.29) is 5.56 Å². The first-order valence-corrected chi connectivity index (χ1v) is 7.72. The monoisotopic (exact) mass is 347 g/mol. The Kier molecular flexibility index (Phi) is 4.53. The van der Waals surface area contributed by atoms with Gasteiger partial charge in [0.25, 0.3) is 0 Å². The molecule has 0 aliphatic carbocycles. The first kappa shape index (κ1) is 17.1. The lowest BCUT2D eigenvalue weighted by atomic mass is 9.82. The zero-order chi connectivity index (χ0) is 18.1. The lowest BCUT2D eigenvalue weighted by molar-refractivity contribution is 0.321. The van der Waals surface area contributed by atoms with Gasteiger partial charge in [0.1, 0.15) is 11.6 Å². The Balaban J connectivity index is 2.29. The van der Waals surface area contributed by atoms with Crippen LogP contribution in [0.3, 0.4) is 0 Å². The van der Waals surface area contributed by atoms with Gasteiger partial charge in [0, 0.05) is 28.9 Å². The number of hydrogen-bond donors (Lipinski definition) is 1. The van der Waals surface area contributed by atoms with Crippen molar-refractivity contribution in [3.05, 3.63) is 59.3 Å². The number of anilines is 1. The number of allylic oxidation sites excluding steroid dienone is 1. The lowest BCUT2D eigenvalue weighted by Gasteiger charge is -2.31. The minimum absolute atomic E-state index is 0.245. The van der Waals surface area contributed by atoms with Crippen LogP contribution in [0.5, 0.6) is 17.2 Å². The maximum atomic E-state index is 14.4. The summed E-state index contributed by atoms with van der Waals surface area (Å²) >= 11 is 0. The molecule has 2 aromatic carbocycles. The maximum absolute atomic E-state index is 14.4. The molecule has 0 spiro atoms. The molecule has 0 bridgehead atoms. The Bertz CT molecular complexity index is 836. The van der Waals surface area contributed by atoms with Crippen LogP contribution in [0.1, 0.15) is 23.5 Å². The number of rotatable bonds is 4. The minimum Gasteiger partial charge on any atom is -0.493 e. The first-order chi connectivity index (χ1) is 12.0. The highest BCUT2D eigenvalue weighted by atomic mass is 19.1.